The summed E-state index contributed by atoms with van der Waals surface area (Å²) in [4.78, 5) is 0. The maximum Gasteiger partial charge on any atom is 0.296 e. The lowest BCUT2D eigenvalue weighted by Crippen LogP contribution is -2.17. The molecule has 1 unspecified atom stereocenters. The van der Waals surface area contributed by atoms with E-state index >= 15 is 0 Å². The van der Waals surface area contributed by atoms with Crippen LogP contribution < -0.4 is 9.47 Å². The summed E-state index contributed by atoms with van der Waals surface area (Å²) < 4.78 is 41.5. The van der Waals surface area contributed by atoms with Crippen LogP contribution in [0.25, 0.3) is 0 Å². The van der Waals surface area contributed by atoms with Gasteiger partial charge in [-0.1, -0.05) is 0 Å². The average Bonchev–Trinajstić information content (AvgIpc) is 2.27. The maximum atomic E-state index is 10.8. The van der Waals surface area contributed by atoms with Gasteiger partial charge in [-0.2, -0.15) is 8.42 Å². The average molecular weight is 325 g/mol. The van der Waals surface area contributed by atoms with Gasteiger partial charge in [-0.3, -0.25) is 4.55 Å². The molecule has 1 aromatic rings. The molecule has 6 nitrogen and oxygen atoms in total. The second kappa shape index (κ2) is 4.45. The van der Waals surface area contributed by atoms with Crippen molar-refractivity contribution in [3.63, 3.8) is 0 Å². The molecule has 17 heavy (non-hydrogen) atoms. The number of aliphatic hydroxyl groups is 1. The topological polar surface area (TPSA) is 93.1 Å². The van der Waals surface area contributed by atoms with Crippen LogP contribution in [0.3, 0.4) is 0 Å². The third-order valence-corrected chi connectivity index (χ3v) is 3.61. The monoisotopic (exact) mass is 324 g/mol. The van der Waals surface area contributed by atoms with Crippen LogP contribution in [-0.2, 0) is 10.1 Å². The molecule has 0 bridgehead atoms. The van der Waals surface area contributed by atoms with E-state index in [4.69, 9.17) is 14.0 Å². The highest BCUT2D eigenvalue weighted by Crippen LogP contribution is 2.40. The number of aliphatic hydroxyl groups excluding tert-OH is 1. The molecule has 8 heteroatoms. The highest BCUT2D eigenvalue weighted by Gasteiger charge is 2.25. The highest BCUT2D eigenvalue weighted by atomic mass is 79.9. The molecule has 0 amide bonds. The number of ether oxygens (including phenoxy) is 2. The largest absolute Gasteiger partial charge is 0.486 e. The smallest absolute Gasteiger partial charge is 0.296 e. The molecule has 0 spiro atoms. The molecule has 1 atom stereocenters. The summed E-state index contributed by atoms with van der Waals surface area (Å²) in [6.07, 6.45) is 0. The Morgan fingerprint density at radius 2 is 1.94 bits per heavy atom. The first-order valence-electron chi connectivity index (χ1n) is 4.63. The van der Waals surface area contributed by atoms with Crippen molar-refractivity contribution in [3.8, 4) is 11.5 Å². The van der Waals surface area contributed by atoms with Crippen molar-refractivity contribution >= 4 is 26.0 Å². The predicted octanol–water partition coefficient (Wildman–Crippen LogP) is 1.10. The normalized spacial score (nSPS) is 16.6. The van der Waals surface area contributed by atoms with Crippen LogP contribution in [0.15, 0.2) is 16.6 Å². The van der Waals surface area contributed by atoms with Gasteiger partial charge < -0.3 is 14.6 Å². The Labute approximate surface area is 106 Å². The number of halogens is 1. The molecule has 1 aromatic carbocycles. The molecular formula is C9H9BrO6S. The van der Waals surface area contributed by atoms with Gasteiger partial charge >= 0.3 is 0 Å². The van der Waals surface area contributed by atoms with E-state index in [1.54, 1.807) is 0 Å². The predicted molar refractivity (Wildman–Crippen MR) is 61.6 cm³/mol. The SMILES string of the molecule is O=S(=O)(O)C(O)c1cc(Br)c2c(c1)OCCO2. The number of benzene rings is 1. The summed E-state index contributed by atoms with van der Waals surface area (Å²) in [5.41, 5.74) is -2.00. The first kappa shape index (κ1) is 12.6. The highest BCUT2D eigenvalue weighted by molar-refractivity contribution is 9.10. The summed E-state index contributed by atoms with van der Waals surface area (Å²) in [6.45, 7) is 0.733. The van der Waals surface area contributed by atoms with Gasteiger partial charge in [0.25, 0.3) is 10.1 Å². The first-order valence-corrected chi connectivity index (χ1v) is 6.92. The fourth-order valence-corrected chi connectivity index (χ4v) is 2.50. The second-order valence-corrected chi connectivity index (χ2v) is 5.73. The van der Waals surface area contributed by atoms with E-state index in [9.17, 15) is 13.5 Å². The van der Waals surface area contributed by atoms with Crippen LogP contribution in [0.4, 0.5) is 0 Å². The van der Waals surface area contributed by atoms with Crippen LogP contribution >= 0.6 is 15.9 Å². The van der Waals surface area contributed by atoms with Gasteiger partial charge in [0.1, 0.15) is 13.2 Å². The van der Waals surface area contributed by atoms with E-state index in [1.165, 1.54) is 12.1 Å². The minimum atomic E-state index is -4.56. The van der Waals surface area contributed by atoms with Gasteiger partial charge in [0.15, 0.2) is 11.5 Å². The lowest BCUT2D eigenvalue weighted by molar-refractivity contribution is 0.169. The molecule has 0 radical (unpaired) electrons. The van der Waals surface area contributed by atoms with Crippen molar-refractivity contribution in [2.75, 3.05) is 13.2 Å². The van der Waals surface area contributed by atoms with Crippen molar-refractivity contribution in [3.05, 3.63) is 22.2 Å². The Kier molecular flexibility index (Phi) is 3.30. The van der Waals surface area contributed by atoms with Gasteiger partial charge in [0.2, 0.25) is 5.44 Å². The van der Waals surface area contributed by atoms with E-state index in [1.807, 2.05) is 0 Å². The van der Waals surface area contributed by atoms with E-state index in [2.05, 4.69) is 15.9 Å². The number of hydrogen-bond acceptors (Lipinski definition) is 5. The van der Waals surface area contributed by atoms with Crippen LogP contribution in [0, 0.1) is 0 Å². The quantitative estimate of drug-likeness (QED) is 0.791. The van der Waals surface area contributed by atoms with Crippen molar-refractivity contribution in [2.24, 2.45) is 0 Å². The van der Waals surface area contributed by atoms with E-state index in [-0.39, 0.29) is 5.56 Å². The molecule has 0 fully saturated rings. The van der Waals surface area contributed by atoms with Gasteiger partial charge in [-0.25, -0.2) is 0 Å². The minimum Gasteiger partial charge on any atom is -0.486 e. The number of rotatable bonds is 2. The molecule has 2 N–H and O–H groups in total. The lowest BCUT2D eigenvalue weighted by atomic mass is 10.2. The molecule has 1 aliphatic heterocycles. The molecule has 0 aromatic heterocycles. The summed E-state index contributed by atoms with van der Waals surface area (Å²) >= 11 is 3.18. The van der Waals surface area contributed by atoms with Gasteiger partial charge in [0.05, 0.1) is 4.47 Å². The van der Waals surface area contributed by atoms with Gasteiger partial charge in [0, 0.05) is 5.56 Å². The molecule has 0 saturated heterocycles. The minimum absolute atomic E-state index is 0.00336. The molecule has 1 aliphatic rings. The second-order valence-electron chi connectivity index (χ2n) is 3.39. The van der Waals surface area contributed by atoms with Gasteiger partial charge in [-0.15, -0.1) is 0 Å². The van der Waals surface area contributed by atoms with Crippen molar-refractivity contribution < 1.29 is 27.6 Å². The van der Waals surface area contributed by atoms with Crippen molar-refractivity contribution in [2.45, 2.75) is 5.44 Å². The third kappa shape index (κ3) is 2.54. The standard InChI is InChI=1S/C9H9BrO6S/c10-6-3-5(9(11)17(12,13)14)4-7-8(6)16-2-1-15-7/h3-4,9,11H,1-2H2,(H,12,13,14). The fraction of sp³-hybridized carbons (Fsp3) is 0.333. The zero-order chi connectivity index (χ0) is 12.6. The fourth-order valence-electron chi connectivity index (χ4n) is 1.45. The molecule has 1 heterocycles. The Bertz CT molecular complexity index is 541. The molecule has 2 rings (SSSR count). The number of fused-ring (bicyclic) bond motifs is 1. The molecule has 0 aliphatic carbocycles. The Hall–Kier alpha value is -0.830. The summed E-state index contributed by atoms with van der Waals surface area (Å²) in [7, 11) is -4.56. The lowest BCUT2D eigenvalue weighted by Gasteiger charge is -2.21. The van der Waals surface area contributed by atoms with E-state index in [0.717, 1.165) is 0 Å². The van der Waals surface area contributed by atoms with Gasteiger partial charge in [-0.05, 0) is 28.1 Å². The van der Waals surface area contributed by atoms with Crippen molar-refractivity contribution in [1.29, 1.82) is 0 Å². The van der Waals surface area contributed by atoms with E-state index in [0.29, 0.717) is 29.2 Å². The Morgan fingerprint density at radius 1 is 1.29 bits per heavy atom. The zero-order valence-corrected chi connectivity index (χ0v) is 10.9. The molecule has 94 valence electrons. The first-order chi connectivity index (χ1) is 7.89. The Morgan fingerprint density at radius 3 is 2.59 bits per heavy atom. The summed E-state index contributed by atoms with van der Waals surface area (Å²) in [5, 5.41) is 9.43. The van der Waals surface area contributed by atoms with Crippen molar-refractivity contribution in [1.82, 2.24) is 0 Å². The molecular weight excluding hydrogens is 316 g/mol. The molecule has 0 saturated carbocycles. The van der Waals surface area contributed by atoms with E-state index < -0.39 is 15.6 Å². The number of hydrogen-bond donors (Lipinski definition) is 2. The van der Waals surface area contributed by atoms with Crippen LogP contribution in [0.1, 0.15) is 11.0 Å². The van der Waals surface area contributed by atoms with Crippen LogP contribution in [0.5, 0.6) is 11.5 Å². The van der Waals surface area contributed by atoms with Crippen LogP contribution in [-0.4, -0.2) is 31.3 Å². The Balaban J connectivity index is 2.48. The summed E-state index contributed by atoms with van der Waals surface area (Å²) in [5.74, 6) is 0.769. The van der Waals surface area contributed by atoms with Crippen LogP contribution in [0.2, 0.25) is 0 Å². The summed E-state index contributed by atoms with van der Waals surface area (Å²) in [6, 6.07) is 2.67. The zero-order valence-electron chi connectivity index (χ0n) is 8.46. The maximum absolute atomic E-state index is 10.8. The third-order valence-electron chi connectivity index (χ3n) is 2.19.